The van der Waals surface area contributed by atoms with Gasteiger partial charge in [-0.25, -0.2) is 0 Å². The molecule has 3 aromatic heterocycles. The van der Waals surface area contributed by atoms with Crippen LogP contribution in [0, 0.1) is 0 Å². The van der Waals surface area contributed by atoms with Crippen molar-refractivity contribution in [3.8, 4) is 117 Å². The van der Waals surface area contributed by atoms with E-state index in [1.165, 1.54) is 282 Å². The number of fused-ring (bicyclic) bond motifs is 35. The summed E-state index contributed by atoms with van der Waals surface area (Å²) >= 11 is 0. The van der Waals surface area contributed by atoms with Gasteiger partial charge in [-0.1, -0.05) is 417 Å². The van der Waals surface area contributed by atoms with E-state index in [1.807, 2.05) is 0 Å². The normalized spacial score (nSPS) is 15.1. The van der Waals surface area contributed by atoms with E-state index < -0.39 is 0 Å². The average Bonchev–Trinajstić information content (AvgIpc) is 1.52. The first-order valence-electron chi connectivity index (χ1n) is 50.4. The summed E-state index contributed by atoms with van der Waals surface area (Å²) in [5.74, 6) is 0. The minimum atomic E-state index is -0.123. The fourth-order valence-electron chi connectivity index (χ4n) is 27.2. The van der Waals surface area contributed by atoms with Crippen molar-refractivity contribution in [3.63, 3.8) is 0 Å². The molecule has 3 nitrogen and oxygen atoms in total. The van der Waals surface area contributed by atoms with E-state index in [-0.39, 0.29) is 32.5 Å². The molecule has 0 atom stereocenters. The van der Waals surface area contributed by atoms with Gasteiger partial charge in [0.2, 0.25) is 0 Å². The Balaban J connectivity index is 0.000000104. The zero-order valence-corrected chi connectivity index (χ0v) is 81.7. The van der Waals surface area contributed by atoms with E-state index in [9.17, 15) is 0 Å². The van der Waals surface area contributed by atoms with Crippen molar-refractivity contribution in [2.75, 3.05) is 0 Å². The maximum Gasteiger partial charge on any atom is 0.0623 e. The van der Waals surface area contributed by atoms with E-state index in [1.54, 1.807) is 0 Å². The largest absolute Gasteiger partial charge is 0.309 e. The van der Waals surface area contributed by atoms with Crippen molar-refractivity contribution in [2.45, 2.75) is 116 Å². The first-order chi connectivity index (χ1) is 68.5. The molecular weight excluding hydrogens is 1700 g/mol. The van der Waals surface area contributed by atoms with Crippen molar-refractivity contribution in [1.29, 1.82) is 0 Å². The van der Waals surface area contributed by atoms with Crippen LogP contribution in [-0.2, 0) is 32.5 Å². The first kappa shape index (κ1) is 83.0. The van der Waals surface area contributed by atoms with Crippen LogP contribution in [0.2, 0.25) is 0 Å². The summed E-state index contributed by atoms with van der Waals surface area (Å²) in [7, 11) is 0. The third-order valence-corrected chi connectivity index (χ3v) is 34.1. The lowest BCUT2D eigenvalue weighted by atomic mass is 9.79. The molecule has 0 amide bonds. The van der Waals surface area contributed by atoms with E-state index in [0.29, 0.717) is 0 Å². The van der Waals surface area contributed by atoms with Crippen LogP contribution in [-0.4, -0.2) is 13.7 Å². The van der Waals surface area contributed by atoms with Gasteiger partial charge in [0, 0.05) is 87.3 Å². The molecule has 0 aliphatic heterocycles. The monoisotopic (exact) mass is 1800 g/mol. The molecule has 3 heterocycles. The Kier molecular flexibility index (Phi) is 17.5. The molecule has 0 N–H and O–H groups in total. The predicted molar refractivity (Wildman–Crippen MR) is 597 cm³/mol. The van der Waals surface area contributed by atoms with Crippen molar-refractivity contribution >= 4 is 97.7 Å². The molecule has 0 unspecified atom stereocenters. The maximum atomic E-state index is 2.54. The SMILES string of the molecule is CC1(C)c2ccccc2-c2cc(-c3ccc(-n4c5ccc6ccccc6c5c5ccc6c(c54)C(C)(C)c4ccccc4-6)cc3)ccc21.CC1(C)c2ccccc2-c2cc3c(cc21)c1cc2ccccc2cc1n3-c1ccc(-c2cccc3c2-c2ccccc2C3(C)C)cc1.CC1(C)c2ccccc2-c2ccc(-c3ccc(-n4c5ccccc5c5c6c(c7ccccc7c54)-c4ccccc4C6(C)C)cc3)cc21. The minimum absolute atomic E-state index is 0.0128. The van der Waals surface area contributed by atoms with Gasteiger partial charge in [-0.05, 0) is 279 Å². The standard InChI is InChI=1S/3C46H35N/c1-45(2)37-18-10-7-13-31(37)32-26-23-29(27-39(32)45)28-21-24-30(25-22-28)47-40-20-12-9-17-36(40)42-43-41(33-14-5-6-15-34(33)44(42)47)35-16-8-11-19-38(35)46(43,3)4;1-45(2)38-15-9-8-14-34(38)37-27-30(19-25-40(37)45)28-17-21-31(22-18-28)47-41-26-20-29-11-5-6-12-32(29)42(41)36-24-23-35-33-13-7-10-16-39(33)46(3,4)43(35)44(36)47;1-45(2)39-18-10-8-15-34(39)44-32(16-11-19-40(44)45)28-20-22-31(23-21-28)47-42-25-30-13-6-5-12-29(30)24-36(42)37-26-41-35(27-43(37)47)33-14-7-9-17-38(33)46(41,3)4/h3*5-27H,1-4H3. The molecule has 0 bridgehead atoms. The molecule has 3 heteroatoms. The van der Waals surface area contributed by atoms with Gasteiger partial charge < -0.3 is 13.7 Å². The number of aromatic nitrogens is 3. The fourth-order valence-corrected chi connectivity index (χ4v) is 27.2. The summed E-state index contributed by atoms with van der Waals surface area (Å²) in [6, 6.07) is 157. The highest BCUT2D eigenvalue weighted by molar-refractivity contribution is 6.27. The summed E-state index contributed by atoms with van der Waals surface area (Å²) in [5.41, 5.74) is 51.8. The molecule has 0 saturated carbocycles. The van der Waals surface area contributed by atoms with Crippen LogP contribution in [0.3, 0.4) is 0 Å². The first-order valence-corrected chi connectivity index (χ1v) is 50.4. The van der Waals surface area contributed by atoms with Crippen molar-refractivity contribution in [2.24, 2.45) is 0 Å². The van der Waals surface area contributed by atoms with Gasteiger partial charge >= 0.3 is 0 Å². The lowest BCUT2D eigenvalue weighted by molar-refractivity contribution is 0.660. The van der Waals surface area contributed by atoms with Gasteiger partial charge in [0.1, 0.15) is 0 Å². The Bertz CT molecular complexity index is 9570. The summed E-state index contributed by atoms with van der Waals surface area (Å²) in [6.45, 7) is 28.5. The second kappa shape index (κ2) is 29.7. The number of hydrogen-bond acceptors (Lipinski definition) is 0. The van der Waals surface area contributed by atoms with Crippen LogP contribution < -0.4 is 0 Å². The maximum absolute atomic E-state index is 2.54. The van der Waals surface area contributed by atoms with Crippen molar-refractivity contribution < 1.29 is 0 Å². The molecule has 30 rings (SSSR count). The van der Waals surface area contributed by atoms with Gasteiger partial charge in [0.25, 0.3) is 0 Å². The van der Waals surface area contributed by atoms with E-state index in [0.717, 1.165) is 0 Å². The van der Waals surface area contributed by atoms with E-state index in [4.69, 9.17) is 0 Å². The fraction of sp³-hybridized carbons (Fsp3) is 0.130. The number of rotatable bonds is 6. The highest BCUT2D eigenvalue weighted by Crippen LogP contribution is 2.61. The molecule has 0 saturated heterocycles. The number of nitrogens with zero attached hydrogens (tertiary/aromatic N) is 3. The molecule has 24 aromatic rings. The smallest absolute Gasteiger partial charge is 0.0623 e. The van der Waals surface area contributed by atoms with Crippen molar-refractivity contribution in [3.05, 3.63) is 485 Å². The van der Waals surface area contributed by atoms with Crippen LogP contribution >= 0.6 is 0 Å². The van der Waals surface area contributed by atoms with Gasteiger partial charge in [-0.3, -0.25) is 0 Å². The van der Waals surface area contributed by atoms with Gasteiger partial charge in [-0.2, -0.15) is 0 Å². The third-order valence-electron chi connectivity index (χ3n) is 34.1. The molecular formula is C138H105N3. The van der Waals surface area contributed by atoms with E-state index in [2.05, 4.69) is 515 Å². The summed E-state index contributed by atoms with van der Waals surface area (Å²) < 4.78 is 7.54. The quantitative estimate of drug-likeness (QED) is 0.158. The number of hydrogen-bond donors (Lipinski definition) is 0. The Labute approximate surface area is 823 Å². The topological polar surface area (TPSA) is 14.8 Å². The average molecular weight is 1810 g/mol. The number of benzene rings is 21. The Morgan fingerprint density at radius 2 is 0.546 bits per heavy atom. The minimum Gasteiger partial charge on any atom is -0.309 e. The molecule has 6 aliphatic carbocycles. The van der Waals surface area contributed by atoms with Crippen molar-refractivity contribution in [1.82, 2.24) is 13.7 Å². The van der Waals surface area contributed by atoms with E-state index >= 15 is 0 Å². The summed E-state index contributed by atoms with van der Waals surface area (Å²) in [6.07, 6.45) is 0. The number of para-hydroxylation sites is 1. The summed E-state index contributed by atoms with van der Waals surface area (Å²) in [5, 5.41) is 15.7. The molecule has 0 spiro atoms. The highest BCUT2D eigenvalue weighted by Gasteiger charge is 2.45. The molecule has 21 aromatic carbocycles. The lowest BCUT2D eigenvalue weighted by Gasteiger charge is -2.23. The molecule has 141 heavy (non-hydrogen) atoms. The zero-order chi connectivity index (χ0) is 95.0. The molecule has 6 aliphatic rings. The second-order valence-electron chi connectivity index (χ2n) is 43.7. The zero-order valence-electron chi connectivity index (χ0n) is 81.7. The highest BCUT2D eigenvalue weighted by atomic mass is 15.0. The van der Waals surface area contributed by atoms with Crippen LogP contribution in [0.1, 0.15) is 150 Å². The second-order valence-corrected chi connectivity index (χ2v) is 43.7. The van der Waals surface area contributed by atoms with Crippen LogP contribution in [0.25, 0.3) is 215 Å². The van der Waals surface area contributed by atoms with Crippen LogP contribution in [0.4, 0.5) is 0 Å². The Morgan fingerprint density at radius 3 is 1.18 bits per heavy atom. The lowest BCUT2D eigenvalue weighted by Crippen LogP contribution is -2.16. The van der Waals surface area contributed by atoms with Crippen LogP contribution in [0.5, 0.6) is 0 Å². The molecule has 0 radical (unpaired) electrons. The van der Waals surface area contributed by atoms with Gasteiger partial charge in [0.05, 0.1) is 33.1 Å². The predicted octanol–water partition coefficient (Wildman–Crippen LogP) is 36.6. The molecule has 0 fully saturated rings. The molecule has 672 valence electrons. The van der Waals surface area contributed by atoms with Gasteiger partial charge in [0.15, 0.2) is 0 Å². The third kappa shape index (κ3) is 11.6. The Hall–Kier alpha value is -16.2. The Morgan fingerprint density at radius 1 is 0.156 bits per heavy atom. The summed E-state index contributed by atoms with van der Waals surface area (Å²) in [4.78, 5) is 0. The van der Waals surface area contributed by atoms with Crippen LogP contribution in [0.15, 0.2) is 419 Å². The van der Waals surface area contributed by atoms with Gasteiger partial charge in [-0.15, -0.1) is 0 Å².